The van der Waals surface area contributed by atoms with Crippen molar-refractivity contribution in [3.05, 3.63) is 40.9 Å². The minimum atomic E-state index is -0.629. The number of carbonyl (C=O) groups is 2. The van der Waals surface area contributed by atoms with Crippen LogP contribution in [0.3, 0.4) is 0 Å². The van der Waals surface area contributed by atoms with Gasteiger partial charge in [-0.05, 0) is 38.1 Å². The average Bonchev–Trinajstić information content (AvgIpc) is 3.10. The fourth-order valence-electron chi connectivity index (χ4n) is 2.60. The lowest BCUT2D eigenvalue weighted by Gasteiger charge is -2.06. The predicted molar refractivity (Wildman–Crippen MR) is 98.3 cm³/mol. The van der Waals surface area contributed by atoms with Crippen molar-refractivity contribution in [1.82, 2.24) is 24.5 Å². The van der Waals surface area contributed by atoms with E-state index in [1.165, 1.54) is 11.0 Å². The Morgan fingerprint density at radius 1 is 1.11 bits per heavy atom. The number of hydrogen-bond acceptors (Lipinski definition) is 8. The summed E-state index contributed by atoms with van der Waals surface area (Å²) in [7, 11) is 0. The lowest BCUT2D eigenvalue weighted by molar-refractivity contribution is -0.145. The van der Waals surface area contributed by atoms with Crippen molar-refractivity contribution in [3.8, 4) is 11.4 Å². The third-order valence-corrected chi connectivity index (χ3v) is 3.82. The highest BCUT2D eigenvalue weighted by Crippen LogP contribution is 2.17. The first-order valence-electron chi connectivity index (χ1n) is 8.74. The van der Waals surface area contributed by atoms with E-state index in [1.54, 1.807) is 31.2 Å². The van der Waals surface area contributed by atoms with Crippen LogP contribution in [0.1, 0.15) is 20.3 Å². The third kappa shape index (κ3) is 4.05. The van der Waals surface area contributed by atoms with Crippen LogP contribution >= 0.6 is 0 Å². The number of Topliss-reactive ketones (excluding diaryl/α,β-unsaturated/α-hetero) is 1. The number of benzene rings is 1. The van der Waals surface area contributed by atoms with Gasteiger partial charge in [0.25, 0.3) is 5.56 Å². The monoisotopic (exact) mass is 385 g/mol. The Morgan fingerprint density at radius 2 is 1.86 bits per heavy atom. The van der Waals surface area contributed by atoms with Crippen LogP contribution < -0.4 is 10.3 Å². The van der Waals surface area contributed by atoms with Gasteiger partial charge >= 0.3 is 5.97 Å². The number of esters is 1. The molecule has 0 amide bonds. The molecule has 0 N–H and O–H groups in total. The van der Waals surface area contributed by atoms with Gasteiger partial charge in [0.15, 0.2) is 16.9 Å². The van der Waals surface area contributed by atoms with Crippen molar-refractivity contribution in [2.24, 2.45) is 0 Å². The zero-order chi connectivity index (χ0) is 20.1. The molecule has 2 heterocycles. The molecule has 0 aliphatic heterocycles. The van der Waals surface area contributed by atoms with Crippen LogP contribution in [-0.2, 0) is 20.9 Å². The fourth-order valence-corrected chi connectivity index (χ4v) is 2.60. The normalized spacial score (nSPS) is 10.8. The van der Waals surface area contributed by atoms with E-state index in [1.807, 2.05) is 6.92 Å². The van der Waals surface area contributed by atoms with Gasteiger partial charge in [0.1, 0.15) is 18.5 Å². The predicted octanol–water partition coefficient (Wildman–Crippen LogP) is 0.898. The van der Waals surface area contributed by atoms with Crippen molar-refractivity contribution < 1.29 is 19.1 Å². The van der Waals surface area contributed by atoms with Gasteiger partial charge in [0, 0.05) is 0 Å². The minimum absolute atomic E-state index is 0.0281. The van der Waals surface area contributed by atoms with Crippen LogP contribution in [0.25, 0.3) is 16.9 Å². The molecule has 0 aliphatic carbocycles. The van der Waals surface area contributed by atoms with E-state index in [0.717, 1.165) is 4.57 Å². The molecular formula is C18H19N5O5. The van der Waals surface area contributed by atoms with Crippen molar-refractivity contribution in [1.29, 1.82) is 0 Å². The lowest BCUT2D eigenvalue weighted by Crippen LogP contribution is -2.26. The largest absolute Gasteiger partial charge is 0.494 e. The van der Waals surface area contributed by atoms with E-state index >= 15 is 0 Å². The summed E-state index contributed by atoms with van der Waals surface area (Å²) >= 11 is 0. The molecule has 0 saturated heterocycles. The number of hydrogen-bond donors (Lipinski definition) is 0. The summed E-state index contributed by atoms with van der Waals surface area (Å²) in [5.74, 6) is -0.372. The molecule has 0 bridgehead atoms. The van der Waals surface area contributed by atoms with Gasteiger partial charge in [0.05, 0.1) is 25.4 Å². The molecule has 0 saturated carbocycles. The van der Waals surface area contributed by atoms with E-state index < -0.39 is 23.7 Å². The van der Waals surface area contributed by atoms with Crippen molar-refractivity contribution in [2.45, 2.75) is 26.8 Å². The molecule has 28 heavy (non-hydrogen) atoms. The SMILES string of the molecule is CCOC(=O)CC(=O)Cn1cnc2c(nnn2-c2ccc(OCC)cc2)c1=O. The first-order chi connectivity index (χ1) is 13.5. The van der Waals surface area contributed by atoms with Crippen LogP contribution in [0.15, 0.2) is 35.4 Å². The van der Waals surface area contributed by atoms with Crippen LogP contribution in [0.2, 0.25) is 0 Å². The molecule has 3 rings (SSSR count). The summed E-state index contributed by atoms with van der Waals surface area (Å²) in [4.78, 5) is 40.1. The fraction of sp³-hybridized carbons (Fsp3) is 0.333. The van der Waals surface area contributed by atoms with Gasteiger partial charge in [-0.15, -0.1) is 5.10 Å². The molecule has 0 fully saturated rings. The maximum Gasteiger partial charge on any atom is 0.313 e. The Balaban J connectivity index is 1.85. The van der Waals surface area contributed by atoms with E-state index in [-0.39, 0.29) is 24.3 Å². The molecule has 0 aliphatic rings. The van der Waals surface area contributed by atoms with E-state index in [9.17, 15) is 14.4 Å². The van der Waals surface area contributed by atoms with Crippen LogP contribution in [0.5, 0.6) is 5.75 Å². The summed E-state index contributed by atoms with van der Waals surface area (Å²) in [5.41, 5.74) is 0.442. The maximum atomic E-state index is 12.6. The molecule has 0 atom stereocenters. The van der Waals surface area contributed by atoms with Gasteiger partial charge in [-0.2, -0.15) is 4.68 Å². The summed E-state index contributed by atoms with van der Waals surface area (Å²) in [5, 5.41) is 7.88. The van der Waals surface area contributed by atoms with Crippen molar-refractivity contribution >= 4 is 22.9 Å². The van der Waals surface area contributed by atoms with Gasteiger partial charge in [-0.3, -0.25) is 19.0 Å². The lowest BCUT2D eigenvalue weighted by atomic mass is 10.3. The molecule has 2 aromatic heterocycles. The Kier molecular flexibility index (Phi) is 5.78. The third-order valence-electron chi connectivity index (χ3n) is 3.82. The molecule has 0 unspecified atom stereocenters. The van der Waals surface area contributed by atoms with E-state index in [0.29, 0.717) is 18.0 Å². The Hall–Kier alpha value is -3.56. The second kappa shape index (κ2) is 8.42. The van der Waals surface area contributed by atoms with Gasteiger partial charge in [-0.1, -0.05) is 5.21 Å². The molecule has 10 heteroatoms. The second-order valence-corrected chi connectivity index (χ2v) is 5.80. The number of carbonyl (C=O) groups excluding carboxylic acids is 2. The highest BCUT2D eigenvalue weighted by Gasteiger charge is 2.16. The topological polar surface area (TPSA) is 118 Å². The van der Waals surface area contributed by atoms with Crippen molar-refractivity contribution in [2.75, 3.05) is 13.2 Å². The first-order valence-corrected chi connectivity index (χ1v) is 8.74. The number of ether oxygens (including phenoxy) is 2. The second-order valence-electron chi connectivity index (χ2n) is 5.80. The zero-order valence-electron chi connectivity index (χ0n) is 15.5. The first kappa shape index (κ1) is 19.2. The van der Waals surface area contributed by atoms with Crippen LogP contribution in [-0.4, -0.2) is 49.5 Å². The summed E-state index contributed by atoms with van der Waals surface area (Å²) < 4.78 is 12.7. The number of rotatable bonds is 8. The molecular weight excluding hydrogens is 366 g/mol. The zero-order valence-corrected chi connectivity index (χ0v) is 15.5. The summed E-state index contributed by atoms with van der Waals surface area (Å²) in [6.45, 7) is 4.00. The Bertz CT molecular complexity index is 1050. The smallest absolute Gasteiger partial charge is 0.313 e. The molecule has 1 aromatic carbocycles. The highest BCUT2D eigenvalue weighted by atomic mass is 16.5. The molecule has 0 spiro atoms. The molecule has 3 aromatic rings. The number of fused-ring (bicyclic) bond motifs is 1. The summed E-state index contributed by atoms with van der Waals surface area (Å²) in [6.07, 6.45) is 0.833. The molecule has 10 nitrogen and oxygen atoms in total. The number of ketones is 1. The van der Waals surface area contributed by atoms with Gasteiger partial charge < -0.3 is 9.47 Å². The van der Waals surface area contributed by atoms with Crippen molar-refractivity contribution in [3.63, 3.8) is 0 Å². The maximum absolute atomic E-state index is 12.6. The Morgan fingerprint density at radius 3 is 2.54 bits per heavy atom. The number of aromatic nitrogens is 5. The number of nitrogens with zero attached hydrogens (tertiary/aromatic N) is 5. The highest BCUT2D eigenvalue weighted by molar-refractivity contribution is 5.95. The standard InChI is InChI=1S/C18H19N5O5/c1-3-27-14-7-5-12(6-8-14)23-17-16(20-21-23)18(26)22(11-19-17)10-13(24)9-15(25)28-4-2/h5-8,11H,3-4,9-10H2,1-2H3. The summed E-state index contributed by atoms with van der Waals surface area (Å²) in [6, 6.07) is 7.10. The molecule has 146 valence electrons. The van der Waals surface area contributed by atoms with Crippen LogP contribution in [0, 0.1) is 0 Å². The van der Waals surface area contributed by atoms with Gasteiger partial charge in [-0.25, -0.2) is 4.98 Å². The minimum Gasteiger partial charge on any atom is -0.494 e. The quantitative estimate of drug-likeness (QED) is 0.414. The van der Waals surface area contributed by atoms with Gasteiger partial charge in [0.2, 0.25) is 0 Å². The Labute approximate surface area is 159 Å². The van der Waals surface area contributed by atoms with E-state index in [2.05, 4.69) is 15.3 Å². The van der Waals surface area contributed by atoms with Crippen LogP contribution in [0.4, 0.5) is 0 Å². The van der Waals surface area contributed by atoms with E-state index in [4.69, 9.17) is 9.47 Å². The average molecular weight is 385 g/mol. The molecule has 0 radical (unpaired) electrons.